The number of aliphatic hydroxyl groups excluding tert-OH is 4. The summed E-state index contributed by atoms with van der Waals surface area (Å²) >= 11 is 0. The lowest BCUT2D eigenvalue weighted by atomic mass is 9.96. The van der Waals surface area contributed by atoms with E-state index in [0.29, 0.717) is 19.3 Å². The van der Waals surface area contributed by atoms with Crippen molar-refractivity contribution < 1.29 is 34.7 Å². The zero-order chi connectivity index (χ0) is 24.4. The van der Waals surface area contributed by atoms with E-state index in [0.717, 1.165) is 51.4 Å². The van der Waals surface area contributed by atoms with Gasteiger partial charge in [0.15, 0.2) is 0 Å². The molecule has 0 spiro atoms. The van der Waals surface area contributed by atoms with Crippen LogP contribution in [0, 0.1) is 0 Å². The fraction of sp³-hybridized carbons (Fsp3) is 0.960. The Labute approximate surface area is 195 Å². The van der Waals surface area contributed by atoms with E-state index in [1.165, 1.54) is 0 Å². The number of aliphatic hydroxyl groups is 4. The van der Waals surface area contributed by atoms with Gasteiger partial charge in [0, 0.05) is 12.8 Å². The van der Waals surface area contributed by atoms with E-state index in [1.54, 1.807) is 20.8 Å². The van der Waals surface area contributed by atoms with E-state index in [2.05, 4.69) is 6.92 Å². The van der Waals surface area contributed by atoms with Gasteiger partial charge in [0.2, 0.25) is 0 Å². The number of hydrogen-bond acceptors (Lipinski definition) is 7. The maximum Gasteiger partial charge on any atom is 0.129 e. The minimum absolute atomic E-state index is 0.0989. The van der Waals surface area contributed by atoms with Gasteiger partial charge in [-0.2, -0.15) is 0 Å². The van der Waals surface area contributed by atoms with Crippen LogP contribution in [-0.2, 0) is 14.3 Å². The van der Waals surface area contributed by atoms with Crippen molar-refractivity contribution in [1.29, 1.82) is 0 Å². The van der Waals surface area contributed by atoms with Crippen LogP contribution in [0.15, 0.2) is 0 Å². The fourth-order valence-electron chi connectivity index (χ4n) is 3.68. The molecule has 0 saturated heterocycles. The summed E-state index contributed by atoms with van der Waals surface area (Å²) in [4.78, 5) is 11.0. The van der Waals surface area contributed by atoms with Crippen molar-refractivity contribution >= 4 is 5.78 Å². The molecule has 32 heavy (non-hydrogen) atoms. The molecule has 0 aliphatic heterocycles. The number of rotatable bonds is 22. The molecule has 0 amide bonds. The number of ether oxygens (including phenoxy) is 2. The Morgan fingerprint density at radius 3 is 1.81 bits per heavy atom. The van der Waals surface area contributed by atoms with Crippen LogP contribution in [-0.4, -0.2) is 76.0 Å². The second kappa shape index (κ2) is 19.9. The van der Waals surface area contributed by atoms with Crippen LogP contribution in [0.25, 0.3) is 0 Å². The molecular weight excluding hydrogens is 412 g/mol. The van der Waals surface area contributed by atoms with Crippen molar-refractivity contribution in [3.8, 4) is 0 Å². The average molecular weight is 463 g/mol. The van der Waals surface area contributed by atoms with Gasteiger partial charge in [-0.05, 0) is 40.0 Å². The first-order chi connectivity index (χ1) is 15.2. The predicted octanol–water partition coefficient (Wildman–Crippen LogP) is 3.53. The Hall–Kier alpha value is -0.570. The van der Waals surface area contributed by atoms with Crippen molar-refractivity contribution in [2.45, 2.75) is 141 Å². The minimum atomic E-state index is -0.841. The Kier molecular flexibility index (Phi) is 19.5. The van der Waals surface area contributed by atoms with Gasteiger partial charge in [0.1, 0.15) is 5.78 Å². The average Bonchev–Trinajstić information content (AvgIpc) is 2.71. The summed E-state index contributed by atoms with van der Waals surface area (Å²) in [5.41, 5.74) is 0. The largest absolute Gasteiger partial charge is 0.391 e. The molecule has 7 nitrogen and oxygen atoms in total. The SMILES string of the molecule is CCCCCC(O)C(CC(O)C(CCCCCCCC(C)=O)OCC(C)O)OCC(C)O. The van der Waals surface area contributed by atoms with E-state index in [1.807, 2.05) is 0 Å². The highest BCUT2D eigenvalue weighted by Gasteiger charge is 2.28. The van der Waals surface area contributed by atoms with Gasteiger partial charge in [-0.3, -0.25) is 0 Å². The van der Waals surface area contributed by atoms with Crippen LogP contribution < -0.4 is 0 Å². The van der Waals surface area contributed by atoms with Gasteiger partial charge in [0.25, 0.3) is 0 Å². The maximum atomic E-state index is 11.0. The highest BCUT2D eigenvalue weighted by molar-refractivity contribution is 5.75. The van der Waals surface area contributed by atoms with Gasteiger partial charge < -0.3 is 34.7 Å². The molecule has 7 heteroatoms. The summed E-state index contributed by atoms with van der Waals surface area (Å²) in [6, 6.07) is 0. The van der Waals surface area contributed by atoms with Crippen LogP contribution >= 0.6 is 0 Å². The van der Waals surface area contributed by atoms with Gasteiger partial charge in [-0.25, -0.2) is 0 Å². The van der Waals surface area contributed by atoms with Crippen molar-refractivity contribution in [3.63, 3.8) is 0 Å². The molecule has 0 aliphatic carbocycles. The first-order valence-electron chi connectivity index (χ1n) is 12.6. The highest BCUT2D eigenvalue weighted by Crippen LogP contribution is 2.21. The topological polar surface area (TPSA) is 116 Å². The Morgan fingerprint density at radius 2 is 1.25 bits per heavy atom. The lowest BCUT2D eigenvalue weighted by Crippen LogP contribution is -2.40. The second-order valence-electron chi connectivity index (χ2n) is 9.32. The summed E-state index contributed by atoms with van der Waals surface area (Å²) in [6.45, 7) is 7.22. The van der Waals surface area contributed by atoms with Crippen LogP contribution in [0.3, 0.4) is 0 Å². The molecule has 0 saturated carbocycles. The number of ketones is 1. The van der Waals surface area contributed by atoms with E-state index in [4.69, 9.17) is 9.47 Å². The van der Waals surface area contributed by atoms with Crippen molar-refractivity contribution in [3.05, 3.63) is 0 Å². The first-order valence-corrected chi connectivity index (χ1v) is 12.6. The molecule has 0 heterocycles. The van der Waals surface area contributed by atoms with E-state index < -0.39 is 36.6 Å². The van der Waals surface area contributed by atoms with Crippen LogP contribution in [0.5, 0.6) is 0 Å². The molecule has 0 fully saturated rings. The summed E-state index contributed by atoms with van der Waals surface area (Å²) in [5, 5.41) is 40.7. The molecule has 4 N–H and O–H groups in total. The number of carbonyl (C=O) groups is 1. The van der Waals surface area contributed by atoms with Gasteiger partial charge >= 0.3 is 0 Å². The maximum absolute atomic E-state index is 11.0. The standard InChI is InChI=1S/C25H50O7/c1-5-6-10-14-22(29)25(32-18-21(4)28)16-23(30)24(31-17-20(3)27)15-12-9-7-8-11-13-19(2)26/h20-25,27-30H,5-18H2,1-4H3. The number of carbonyl (C=O) groups excluding carboxylic acids is 1. The molecule has 0 aromatic rings. The molecule has 0 aromatic carbocycles. The summed E-state index contributed by atoms with van der Waals surface area (Å²) in [6.07, 6.45) is 5.99. The number of hydrogen-bond donors (Lipinski definition) is 4. The predicted molar refractivity (Wildman–Crippen MR) is 127 cm³/mol. The Morgan fingerprint density at radius 1 is 0.719 bits per heavy atom. The van der Waals surface area contributed by atoms with Gasteiger partial charge in [0.05, 0.1) is 49.8 Å². The zero-order valence-electron chi connectivity index (χ0n) is 20.9. The van der Waals surface area contributed by atoms with Crippen LogP contribution in [0.4, 0.5) is 0 Å². The number of unbranched alkanes of at least 4 members (excludes halogenated alkanes) is 6. The summed E-state index contributed by atoms with van der Waals surface area (Å²) in [7, 11) is 0. The molecule has 0 rings (SSSR count). The third kappa shape index (κ3) is 17.9. The van der Waals surface area contributed by atoms with E-state index in [-0.39, 0.29) is 25.4 Å². The molecule has 0 radical (unpaired) electrons. The second-order valence-corrected chi connectivity index (χ2v) is 9.32. The Balaban J connectivity index is 4.75. The van der Waals surface area contributed by atoms with Crippen LogP contribution in [0.1, 0.15) is 105 Å². The van der Waals surface area contributed by atoms with Crippen molar-refractivity contribution in [2.24, 2.45) is 0 Å². The van der Waals surface area contributed by atoms with Crippen molar-refractivity contribution in [2.75, 3.05) is 13.2 Å². The third-order valence-corrected chi connectivity index (χ3v) is 5.56. The normalized spacial score (nSPS) is 17.5. The molecule has 0 aromatic heterocycles. The lowest BCUT2D eigenvalue weighted by Gasteiger charge is -2.30. The summed E-state index contributed by atoms with van der Waals surface area (Å²) < 4.78 is 11.5. The third-order valence-electron chi connectivity index (χ3n) is 5.56. The van der Waals surface area contributed by atoms with Gasteiger partial charge in [-0.1, -0.05) is 51.9 Å². The fourth-order valence-corrected chi connectivity index (χ4v) is 3.68. The molecule has 0 aliphatic rings. The zero-order valence-corrected chi connectivity index (χ0v) is 20.9. The summed E-state index contributed by atoms with van der Waals surface area (Å²) in [5.74, 6) is 0.226. The molecule has 6 unspecified atom stereocenters. The smallest absolute Gasteiger partial charge is 0.129 e. The highest BCUT2D eigenvalue weighted by atomic mass is 16.5. The minimum Gasteiger partial charge on any atom is -0.391 e. The van der Waals surface area contributed by atoms with Crippen molar-refractivity contribution in [1.82, 2.24) is 0 Å². The lowest BCUT2D eigenvalue weighted by molar-refractivity contribution is -0.117. The molecule has 0 bridgehead atoms. The molecule has 6 atom stereocenters. The molecule has 192 valence electrons. The number of Topliss-reactive ketones (excluding diaryl/α,β-unsaturated/α-hetero) is 1. The van der Waals surface area contributed by atoms with Gasteiger partial charge in [-0.15, -0.1) is 0 Å². The monoisotopic (exact) mass is 462 g/mol. The van der Waals surface area contributed by atoms with Crippen LogP contribution in [0.2, 0.25) is 0 Å². The quantitative estimate of drug-likeness (QED) is 0.182. The first kappa shape index (κ1) is 31.4. The molecular formula is C25H50O7. The van der Waals surface area contributed by atoms with E-state index in [9.17, 15) is 25.2 Å². The van der Waals surface area contributed by atoms with E-state index >= 15 is 0 Å². The Bertz CT molecular complexity index is 442.